The highest BCUT2D eigenvalue weighted by molar-refractivity contribution is 8.00. The van der Waals surface area contributed by atoms with Gasteiger partial charge in [0.2, 0.25) is 5.91 Å². The Kier molecular flexibility index (Phi) is 7.66. The third-order valence-corrected chi connectivity index (χ3v) is 5.97. The Bertz CT molecular complexity index is 1210. The number of imide groups is 1. The van der Waals surface area contributed by atoms with E-state index >= 15 is 0 Å². The molecule has 0 saturated heterocycles. The number of amides is 3. The summed E-state index contributed by atoms with van der Waals surface area (Å²) < 4.78 is 1.46. The van der Waals surface area contributed by atoms with Crippen LogP contribution in [-0.4, -0.2) is 38.5 Å². The van der Waals surface area contributed by atoms with Crippen LogP contribution >= 0.6 is 11.8 Å². The predicted molar refractivity (Wildman–Crippen MR) is 126 cm³/mol. The lowest BCUT2D eigenvalue weighted by Crippen LogP contribution is -2.39. The van der Waals surface area contributed by atoms with E-state index in [1.54, 1.807) is 37.3 Å². The molecule has 0 fully saturated rings. The van der Waals surface area contributed by atoms with Crippen molar-refractivity contribution < 1.29 is 14.7 Å². The van der Waals surface area contributed by atoms with E-state index in [0.29, 0.717) is 28.2 Å². The van der Waals surface area contributed by atoms with Gasteiger partial charge in [-0.2, -0.15) is 0 Å². The number of thioether (sulfide) groups is 1. The number of nitrogens with one attached hydrogen (secondary N) is 2. The first-order valence-corrected chi connectivity index (χ1v) is 11.1. The van der Waals surface area contributed by atoms with Crippen LogP contribution in [0.3, 0.4) is 0 Å². The summed E-state index contributed by atoms with van der Waals surface area (Å²) in [6.07, 6.45) is 0.381. The van der Waals surface area contributed by atoms with Gasteiger partial charge in [0.15, 0.2) is 5.16 Å². The molecule has 8 nitrogen and oxygen atoms in total. The molecule has 0 aliphatic heterocycles. The number of aliphatic hydroxyl groups excluding tert-OH is 1. The molecule has 0 radical (unpaired) electrons. The summed E-state index contributed by atoms with van der Waals surface area (Å²) in [6, 6.07) is 12.0. The average molecular weight is 455 g/mol. The third-order valence-electron chi connectivity index (χ3n) is 4.88. The van der Waals surface area contributed by atoms with Crippen LogP contribution in [0.5, 0.6) is 0 Å². The highest BCUT2D eigenvalue weighted by atomic mass is 32.2. The standard InChI is InChI=1S/C23H26N4O4S/c1-14-9-10-18(15(2)13-14)24-22(31)26-20(29)16(3)32-23-25-19-8-5-4-7-17(19)21(30)27(23)11-6-12-28/h4-5,7-10,13,16,28H,6,11-12H2,1-3H3,(H2,24,26,29,31). The number of carbonyl (C=O) groups excluding carboxylic acids is 2. The Labute approximate surface area is 190 Å². The van der Waals surface area contributed by atoms with Gasteiger partial charge in [-0.15, -0.1) is 0 Å². The first-order valence-electron chi connectivity index (χ1n) is 10.3. The summed E-state index contributed by atoms with van der Waals surface area (Å²) in [7, 11) is 0. The van der Waals surface area contributed by atoms with Crippen LogP contribution in [0.25, 0.3) is 10.9 Å². The van der Waals surface area contributed by atoms with Crippen molar-refractivity contribution >= 4 is 40.3 Å². The molecule has 168 valence electrons. The van der Waals surface area contributed by atoms with Gasteiger partial charge in [0.05, 0.1) is 16.2 Å². The van der Waals surface area contributed by atoms with Gasteiger partial charge in [0, 0.05) is 18.8 Å². The molecule has 3 aromatic rings. The van der Waals surface area contributed by atoms with E-state index in [1.165, 1.54) is 4.57 Å². The van der Waals surface area contributed by atoms with E-state index in [1.807, 2.05) is 26.0 Å². The van der Waals surface area contributed by atoms with Crippen molar-refractivity contribution in [3.8, 4) is 0 Å². The summed E-state index contributed by atoms with van der Waals surface area (Å²) in [4.78, 5) is 42.4. The van der Waals surface area contributed by atoms with Gasteiger partial charge < -0.3 is 10.4 Å². The summed E-state index contributed by atoms with van der Waals surface area (Å²) in [5.74, 6) is -0.506. The van der Waals surface area contributed by atoms with Crippen LogP contribution < -0.4 is 16.2 Å². The number of hydrogen-bond acceptors (Lipinski definition) is 6. The lowest BCUT2D eigenvalue weighted by atomic mass is 10.1. The summed E-state index contributed by atoms with van der Waals surface area (Å²) in [5.41, 5.74) is 2.88. The smallest absolute Gasteiger partial charge is 0.325 e. The maximum absolute atomic E-state index is 12.9. The highest BCUT2D eigenvalue weighted by Crippen LogP contribution is 2.23. The van der Waals surface area contributed by atoms with E-state index in [4.69, 9.17) is 0 Å². The van der Waals surface area contributed by atoms with Crippen molar-refractivity contribution in [2.24, 2.45) is 0 Å². The Morgan fingerprint density at radius 3 is 2.66 bits per heavy atom. The summed E-state index contributed by atoms with van der Waals surface area (Å²) in [5, 5.41) is 14.4. The molecule has 0 spiro atoms. The number of aromatic nitrogens is 2. The van der Waals surface area contributed by atoms with Crippen LogP contribution in [-0.2, 0) is 11.3 Å². The van der Waals surface area contributed by atoms with E-state index in [2.05, 4.69) is 15.6 Å². The SMILES string of the molecule is Cc1ccc(NC(=O)NC(=O)C(C)Sc2nc3ccccc3c(=O)n2CCCO)c(C)c1. The van der Waals surface area contributed by atoms with Crippen LogP contribution in [0.15, 0.2) is 52.4 Å². The molecule has 1 atom stereocenters. The summed E-state index contributed by atoms with van der Waals surface area (Å²) >= 11 is 1.09. The number of hydrogen-bond donors (Lipinski definition) is 3. The molecule has 0 saturated carbocycles. The first kappa shape index (κ1) is 23.5. The van der Waals surface area contributed by atoms with Crippen molar-refractivity contribution in [3.63, 3.8) is 0 Å². The minimum Gasteiger partial charge on any atom is -0.396 e. The zero-order chi connectivity index (χ0) is 23.3. The Balaban J connectivity index is 1.75. The van der Waals surface area contributed by atoms with E-state index in [-0.39, 0.29) is 18.7 Å². The molecule has 3 amide bonds. The number of para-hydroxylation sites is 1. The predicted octanol–water partition coefficient (Wildman–Crippen LogP) is 3.22. The van der Waals surface area contributed by atoms with Crippen molar-refractivity contribution in [2.45, 2.75) is 44.1 Å². The topological polar surface area (TPSA) is 113 Å². The largest absolute Gasteiger partial charge is 0.396 e. The molecule has 9 heteroatoms. The Morgan fingerprint density at radius 1 is 1.19 bits per heavy atom. The number of fused-ring (bicyclic) bond motifs is 1. The van der Waals surface area contributed by atoms with Crippen molar-refractivity contribution in [1.82, 2.24) is 14.9 Å². The minimum atomic E-state index is -0.687. The van der Waals surface area contributed by atoms with Gasteiger partial charge in [-0.25, -0.2) is 9.78 Å². The van der Waals surface area contributed by atoms with Crippen LogP contribution in [0.1, 0.15) is 24.5 Å². The number of rotatable bonds is 7. The van der Waals surface area contributed by atoms with Crippen LogP contribution in [0.2, 0.25) is 0 Å². The van der Waals surface area contributed by atoms with Crippen LogP contribution in [0.4, 0.5) is 10.5 Å². The maximum Gasteiger partial charge on any atom is 0.325 e. The fourth-order valence-corrected chi connectivity index (χ4v) is 4.13. The molecule has 3 rings (SSSR count). The fourth-order valence-electron chi connectivity index (χ4n) is 3.20. The number of anilines is 1. The molecule has 1 heterocycles. The van der Waals surface area contributed by atoms with Gasteiger partial charge in [-0.05, 0) is 51.0 Å². The summed E-state index contributed by atoms with van der Waals surface area (Å²) in [6.45, 7) is 5.68. The van der Waals surface area contributed by atoms with Gasteiger partial charge in [0.25, 0.3) is 5.56 Å². The van der Waals surface area contributed by atoms with Crippen LogP contribution in [0, 0.1) is 13.8 Å². The highest BCUT2D eigenvalue weighted by Gasteiger charge is 2.21. The zero-order valence-electron chi connectivity index (χ0n) is 18.2. The molecule has 1 aromatic heterocycles. The van der Waals surface area contributed by atoms with E-state index < -0.39 is 17.2 Å². The Morgan fingerprint density at radius 2 is 1.94 bits per heavy atom. The average Bonchev–Trinajstić information content (AvgIpc) is 2.75. The third kappa shape index (κ3) is 5.54. The number of urea groups is 1. The van der Waals surface area contributed by atoms with Crippen molar-refractivity contribution in [3.05, 3.63) is 63.9 Å². The molecular formula is C23H26N4O4S. The second-order valence-corrected chi connectivity index (χ2v) is 8.78. The monoisotopic (exact) mass is 454 g/mol. The van der Waals surface area contributed by atoms with E-state index in [9.17, 15) is 19.5 Å². The second kappa shape index (κ2) is 10.4. The lowest BCUT2D eigenvalue weighted by molar-refractivity contribution is -0.119. The minimum absolute atomic E-state index is 0.0714. The Hall–Kier alpha value is -3.17. The quantitative estimate of drug-likeness (QED) is 0.373. The van der Waals surface area contributed by atoms with Gasteiger partial charge >= 0.3 is 6.03 Å². The molecule has 0 aliphatic rings. The van der Waals surface area contributed by atoms with E-state index in [0.717, 1.165) is 22.9 Å². The number of aliphatic hydroxyl groups is 1. The molecule has 1 unspecified atom stereocenters. The zero-order valence-corrected chi connectivity index (χ0v) is 19.0. The maximum atomic E-state index is 12.9. The number of nitrogens with zero attached hydrogens (tertiary/aromatic N) is 2. The molecular weight excluding hydrogens is 428 g/mol. The normalized spacial score (nSPS) is 11.9. The molecule has 2 aromatic carbocycles. The number of carbonyl (C=O) groups is 2. The van der Waals surface area contributed by atoms with Crippen molar-refractivity contribution in [2.75, 3.05) is 11.9 Å². The molecule has 0 aliphatic carbocycles. The number of benzene rings is 2. The fraction of sp³-hybridized carbons (Fsp3) is 0.304. The molecule has 3 N–H and O–H groups in total. The van der Waals surface area contributed by atoms with Gasteiger partial charge in [-0.3, -0.25) is 19.5 Å². The van der Waals surface area contributed by atoms with Gasteiger partial charge in [0.1, 0.15) is 0 Å². The van der Waals surface area contributed by atoms with Gasteiger partial charge in [-0.1, -0.05) is 41.6 Å². The molecule has 32 heavy (non-hydrogen) atoms. The lowest BCUT2D eigenvalue weighted by Gasteiger charge is -2.16. The van der Waals surface area contributed by atoms with Crippen molar-refractivity contribution in [1.29, 1.82) is 0 Å². The number of aryl methyl sites for hydroxylation is 2. The second-order valence-electron chi connectivity index (χ2n) is 7.47. The first-order chi connectivity index (χ1) is 15.3. The molecule has 0 bridgehead atoms.